The van der Waals surface area contributed by atoms with E-state index in [0.717, 1.165) is 0 Å². The summed E-state index contributed by atoms with van der Waals surface area (Å²) in [5, 5.41) is 13.7. The van der Waals surface area contributed by atoms with Crippen LogP contribution in [-0.2, 0) is 10.0 Å². The average molecular weight is 302 g/mol. The summed E-state index contributed by atoms with van der Waals surface area (Å²) in [5.74, 6) is 0. The van der Waals surface area contributed by atoms with Crippen molar-refractivity contribution in [3.63, 3.8) is 0 Å². The number of hydrogen-bond donors (Lipinski definition) is 2. The first-order valence-corrected chi connectivity index (χ1v) is 7.37. The second-order valence-electron chi connectivity index (χ2n) is 4.39. The topological polar surface area (TPSA) is 105 Å². The molecule has 1 aromatic rings. The lowest BCUT2D eigenvalue weighted by atomic mass is 10.3. The van der Waals surface area contributed by atoms with Gasteiger partial charge in [-0.3, -0.25) is 10.1 Å². The molecule has 9 heteroatoms. The van der Waals surface area contributed by atoms with Crippen LogP contribution in [0.3, 0.4) is 0 Å². The molecule has 0 spiro atoms. The lowest BCUT2D eigenvalue weighted by Gasteiger charge is -2.11. The summed E-state index contributed by atoms with van der Waals surface area (Å²) in [4.78, 5) is 11.8. The largest absolute Gasteiger partial charge is 0.388 e. The highest BCUT2D eigenvalue weighted by Gasteiger charge is 2.25. The zero-order valence-electron chi connectivity index (χ0n) is 11.6. The van der Waals surface area contributed by atoms with Gasteiger partial charge in [0, 0.05) is 31.9 Å². The summed E-state index contributed by atoms with van der Waals surface area (Å²) in [7, 11) is 1.31. The second kappa shape index (κ2) is 6.64. The third kappa shape index (κ3) is 4.15. The highest BCUT2D eigenvalue weighted by molar-refractivity contribution is 7.89. The maximum Gasteiger partial charge on any atom is 0.291 e. The Balaban J connectivity index is 3.08. The van der Waals surface area contributed by atoms with Gasteiger partial charge in [-0.15, -0.1) is 0 Å². The van der Waals surface area contributed by atoms with E-state index in [-0.39, 0.29) is 11.4 Å². The first-order valence-electron chi connectivity index (χ1n) is 5.88. The smallest absolute Gasteiger partial charge is 0.291 e. The third-order valence-corrected chi connectivity index (χ3v) is 4.09. The molecule has 0 radical (unpaired) electrons. The molecule has 112 valence electrons. The number of nitro groups is 1. The van der Waals surface area contributed by atoms with Gasteiger partial charge in [-0.1, -0.05) is 0 Å². The van der Waals surface area contributed by atoms with Crippen molar-refractivity contribution in [2.24, 2.45) is 0 Å². The minimum Gasteiger partial charge on any atom is -0.388 e. The first-order chi connectivity index (χ1) is 9.27. The van der Waals surface area contributed by atoms with Crippen molar-refractivity contribution in [1.82, 2.24) is 9.62 Å². The fourth-order valence-corrected chi connectivity index (χ4v) is 2.70. The van der Waals surface area contributed by atoms with E-state index in [9.17, 15) is 18.5 Å². The van der Waals surface area contributed by atoms with E-state index in [0.29, 0.717) is 12.2 Å². The molecule has 0 aliphatic rings. The monoisotopic (exact) mass is 302 g/mol. The van der Waals surface area contributed by atoms with Crippen LogP contribution in [0.15, 0.2) is 23.1 Å². The molecule has 0 aliphatic carbocycles. The molecule has 8 nitrogen and oxygen atoms in total. The molecule has 0 saturated carbocycles. The molecule has 2 N–H and O–H groups in total. The molecule has 0 heterocycles. The summed E-state index contributed by atoms with van der Waals surface area (Å²) < 4.78 is 26.5. The molecule has 0 aromatic heterocycles. The highest BCUT2D eigenvalue weighted by atomic mass is 32.2. The standard InChI is InChI=1S/C11H18N4O4S/c1-12-9-4-5-11(10(8-9)15(16)17)20(18,19)13-6-7-14(2)3/h4-5,8,12-13H,6-7H2,1-3H3. The van der Waals surface area contributed by atoms with Crippen LogP contribution >= 0.6 is 0 Å². The van der Waals surface area contributed by atoms with Crippen molar-refractivity contribution in [3.05, 3.63) is 28.3 Å². The van der Waals surface area contributed by atoms with E-state index in [4.69, 9.17) is 0 Å². The van der Waals surface area contributed by atoms with E-state index in [2.05, 4.69) is 10.0 Å². The van der Waals surface area contributed by atoms with Gasteiger partial charge in [0.1, 0.15) is 0 Å². The van der Waals surface area contributed by atoms with Gasteiger partial charge in [0.15, 0.2) is 4.90 Å². The lowest BCUT2D eigenvalue weighted by molar-refractivity contribution is -0.387. The summed E-state index contributed by atoms with van der Waals surface area (Å²) in [6.45, 7) is 0.682. The summed E-state index contributed by atoms with van der Waals surface area (Å²) in [6, 6.07) is 3.90. The zero-order chi connectivity index (χ0) is 15.3. The molecule has 0 aliphatic heterocycles. The van der Waals surface area contributed by atoms with E-state index >= 15 is 0 Å². The fraction of sp³-hybridized carbons (Fsp3) is 0.455. The van der Waals surface area contributed by atoms with Gasteiger partial charge in [0.25, 0.3) is 5.69 Å². The number of hydrogen-bond acceptors (Lipinski definition) is 6. The van der Waals surface area contributed by atoms with Gasteiger partial charge in [0.05, 0.1) is 4.92 Å². The zero-order valence-corrected chi connectivity index (χ0v) is 12.4. The first kappa shape index (κ1) is 16.3. The van der Waals surface area contributed by atoms with Crippen LogP contribution in [-0.4, -0.2) is 52.5 Å². The van der Waals surface area contributed by atoms with Gasteiger partial charge in [-0.2, -0.15) is 0 Å². The number of anilines is 1. The van der Waals surface area contributed by atoms with Crippen LogP contribution in [0.1, 0.15) is 0 Å². The average Bonchev–Trinajstić information content (AvgIpc) is 2.37. The normalized spacial score (nSPS) is 11.6. The molecule has 0 atom stereocenters. The molecule has 1 rings (SSSR count). The number of nitrogens with zero attached hydrogens (tertiary/aromatic N) is 2. The molecule has 20 heavy (non-hydrogen) atoms. The van der Waals surface area contributed by atoms with Gasteiger partial charge in [-0.25, -0.2) is 13.1 Å². The van der Waals surface area contributed by atoms with Crippen molar-refractivity contribution >= 4 is 21.4 Å². The van der Waals surface area contributed by atoms with Crippen LogP contribution in [0, 0.1) is 10.1 Å². The Morgan fingerprint density at radius 2 is 2.00 bits per heavy atom. The Morgan fingerprint density at radius 1 is 1.35 bits per heavy atom. The second-order valence-corrected chi connectivity index (χ2v) is 6.13. The maximum atomic E-state index is 12.1. The highest BCUT2D eigenvalue weighted by Crippen LogP contribution is 2.26. The van der Waals surface area contributed by atoms with E-state index < -0.39 is 20.6 Å². The van der Waals surface area contributed by atoms with Gasteiger partial charge >= 0.3 is 0 Å². The number of likely N-dealkylation sites (N-methyl/N-ethyl adjacent to an activating group) is 1. The van der Waals surface area contributed by atoms with Crippen molar-refractivity contribution in [2.75, 3.05) is 39.5 Å². The molecule has 0 bridgehead atoms. The van der Waals surface area contributed by atoms with E-state index in [1.165, 1.54) is 18.2 Å². The predicted molar refractivity (Wildman–Crippen MR) is 76.4 cm³/mol. The Labute approximate surface area is 118 Å². The summed E-state index contributed by atoms with van der Waals surface area (Å²) in [6.07, 6.45) is 0. The van der Waals surface area contributed by atoms with E-state index in [1.807, 2.05) is 0 Å². The van der Waals surface area contributed by atoms with Crippen molar-refractivity contribution < 1.29 is 13.3 Å². The van der Waals surface area contributed by atoms with Crippen LogP contribution < -0.4 is 10.0 Å². The molecule has 1 aromatic carbocycles. The summed E-state index contributed by atoms with van der Waals surface area (Å²) >= 11 is 0. The molecular formula is C11H18N4O4S. The van der Waals surface area contributed by atoms with Gasteiger partial charge < -0.3 is 10.2 Å². The molecule has 0 fully saturated rings. The molecule has 0 amide bonds. The van der Waals surface area contributed by atoms with Crippen molar-refractivity contribution in [3.8, 4) is 0 Å². The minimum absolute atomic E-state index is 0.181. The number of benzene rings is 1. The Hall–Kier alpha value is -1.71. The number of nitrogens with one attached hydrogen (secondary N) is 2. The van der Waals surface area contributed by atoms with E-state index in [1.54, 1.807) is 26.0 Å². The third-order valence-electron chi connectivity index (χ3n) is 2.58. The van der Waals surface area contributed by atoms with Crippen LogP contribution in [0.4, 0.5) is 11.4 Å². The maximum absolute atomic E-state index is 12.1. The number of rotatable bonds is 7. The summed E-state index contributed by atoms with van der Waals surface area (Å²) in [5.41, 5.74) is 0.0261. The SMILES string of the molecule is CNc1ccc(S(=O)(=O)NCCN(C)C)c([N+](=O)[O-])c1. The fourth-order valence-electron chi connectivity index (χ4n) is 1.52. The molecule has 0 saturated heterocycles. The minimum atomic E-state index is -3.90. The Kier molecular flexibility index (Phi) is 5.43. The lowest BCUT2D eigenvalue weighted by Crippen LogP contribution is -2.31. The predicted octanol–water partition coefficient (Wildman–Crippen LogP) is 0.476. The quantitative estimate of drug-likeness (QED) is 0.560. The molecule has 0 unspecified atom stereocenters. The van der Waals surface area contributed by atoms with Gasteiger partial charge in [-0.05, 0) is 26.2 Å². The number of sulfonamides is 1. The van der Waals surface area contributed by atoms with Gasteiger partial charge in [0.2, 0.25) is 10.0 Å². The van der Waals surface area contributed by atoms with Crippen molar-refractivity contribution in [2.45, 2.75) is 4.90 Å². The van der Waals surface area contributed by atoms with Crippen molar-refractivity contribution in [1.29, 1.82) is 0 Å². The van der Waals surface area contributed by atoms with Crippen LogP contribution in [0.2, 0.25) is 0 Å². The molecular weight excluding hydrogens is 284 g/mol. The Bertz CT molecular complexity index is 586. The van der Waals surface area contributed by atoms with Crippen LogP contribution in [0.25, 0.3) is 0 Å². The Morgan fingerprint density at radius 3 is 2.50 bits per heavy atom. The van der Waals surface area contributed by atoms with Crippen LogP contribution in [0.5, 0.6) is 0 Å². The number of nitro benzene ring substituents is 1.